The first-order chi connectivity index (χ1) is 9.53. The summed E-state index contributed by atoms with van der Waals surface area (Å²) in [5, 5.41) is 10.5. The van der Waals surface area contributed by atoms with Crippen molar-refractivity contribution in [3.8, 4) is 0 Å². The highest BCUT2D eigenvalue weighted by molar-refractivity contribution is 5.89. The molecule has 2 heteroatoms. The van der Waals surface area contributed by atoms with Gasteiger partial charge in [-0.05, 0) is 38.0 Å². The van der Waals surface area contributed by atoms with Crippen LogP contribution in [-0.2, 0) is 4.79 Å². The van der Waals surface area contributed by atoms with Crippen molar-refractivity contribution < 1.29 is 9.90 Å². The average molecular weight is 274 g/mol. The van der Waals surface area contributed by atoms with Crippen LogP contribution in [0.3, 0.4) is 0 Å². The molecule has 1 saturated carbocycles. The van der Waals surface area contributed by atoms with Crippen LogP contribution in [0.5, 0.6) is 0 Å². The molecule has 0 saturated heterocycles. The Kier molecular flexibility index (Phi) is 4.98. The molecule has 1 N–H and O–H groups in total. The van der Waals surface area contributed by atoms with Crippen LogP contribution in [0.1, 0.15) is 46.0 Å². The lowest BCUT2D eigenvalue weighted by molar-refractivity contribution is -0.140. The molecule has 0 radical (unpaired) electrons. The lowest BCUT2D eigenvalue weighted by Crippen LogP contribution is -2.42. The number of Topliss-reactive ketones (excluding diaryl/α,β-unsaturated/α-hetero) is 1. The van der Waals surface area contributed by atoms with E-state index in [2.05, 4.69) is 13.0 Å². The molecule has 1 fully saturated rings. The van der Waals surface area contributed by atoms with Crippen molar-refractivity contribution in [3.63, 3.8) is 0 Å². The van der Waals surface area contributed by atoms with Crippen LogP contribution >= 0.6 is 0 Å². The van der Waals surface area contributed by atoms with Crippen LogP contribution in [0.2, 0.25) is 0 Å². The second-order valence-corrected chi connectivity index (χ2v) is 6.61. The number of hydrogen-bond acceptors (Lipinski definition) is 2. The summed E-state index contributed by atoms with van der Waals surface area (Å²) >= 11 is 0. The standard InChI is InChI=1S/C18H26O2/c1-14-10-12-18(2,13-11-14)17(20)16(19)15-8-6-4-3-5-7-9-15/h3-4,6-9,14-16,19H,5,10-13H2,1-2H3/b4-3-,8-6?,9-7?. The summed E-state index contributed by atoms with van der Waals surface area (Å²) in [5.74, 6) is 0.538. The molecule has 0 aromatic rings. The Morgan fingerprint density at radius 3 is 2.60 bits per heavy atom. The molecular formula is C18H26O2. The topological polar surface area (TPSA) is 37.3 Å². The average Bonchev–Trinajstić information content (AvgIpc) is 2.40. The fraction of sp³-hybridized carbons (Fsp3) is 0.611. The van der Waals surface area contributed by atoms with E-state index < -0.39 is 6.10 Å². The monoisotopic (exact) mass is 274 g/mol. The summed E-state index contributed by atoms with van der Waals surface area (Å²) in [7, 11) is 0. The number of allylic oxidation sites excluding steroid dienone is 4. The van der Waals surface area contributed by atoms with Crippen molar-refractivity contribution in [3.05, 3.63) is 36.5 Å². The van der Waals surface area contributed by atoms with Crippen LogP contribution in [0, 0.1) is 17.3 Å². The number of rotatable bonds is 3. The van der Waals surface area contributed by atoms with Gasteiger partial charge in [0.2, 0.25) is 0 Å². The highest BCUT2D eigenvalue weighted by Crippen LogP contribution is 2.40. The summed E-state index contributed by atoms with van der Waals surface area (Å²) < 4.78 is 0. The van der Waals surface area contributed by atoms with E-state index in [9.17, 15) is 9.90 Å². The van der Waals surface area contributed by atoms with Crippen LogP contribution in [0.4, 0.5) is 0 Å². The van der Waals surface area contributed by atoms with Crippen molar-refractivity contribution in [2.45, 2.75) is 52.1 Å². The van der Waals surface area contributed by atoms with Gasteiger partial charge in [0.1, 0.15) is 6.10 Å². The number of aliphatic hydroxyl groups excluding tert-OH is 1. The first-order valence-corrected chi connectivity index (χ1v) is 7.75. The van der Waals surface area contributed by atoms with Crippen LogP contribution < -0.4 is 0 Å². The summed E-state index contributed by atoms with van der Waals surface area (Å²) in [6.45, 7) is 4.27. The molecule has 2 rings (SSSR count). The molecule has 2 nitrogen and oxygen atoms in total. The molecule has 2 atom stereocenters. The van der Waals surface area contributed by atoms with Gasteiger partial charge < -0.3 is 5.11 Å². The van der Waals surface area contributed by atoms with Gasteiger partial charge in [0.25, 0.3) is 0 Å². The fourth-order valence-electron chi connectivity index (χ4n) is 3.12. The lowest BCUT2D eigenvalue weighted by Gasteiger charge is -2.37. The molecule has 0 spiro atoms. The second kappa shape index (κ2) is 6.53. The zero-order valence-electron chi connectivity index (χ0n) is 12.6. The zero-order chi connectivity index (χ0) is 14.6. The van der Waals surface area contributed by atoms with Crippen LogP contribution in [0.25, 0.3) is 0 Å². The van der Waals surface area contributed by atoms with E-state index in [0.29, 0.717) is 5.92 Å². The molecular weight excluding hydrogens is 248 g/mol. The lowest BCUT2D eigenvalue weighted by atomic mass is 9.67. The van der Waals surface area contributed by atoms with Gasteiger partial charge in [-0.15, -0.1) is 0 Å². The first-order valence-electron chi connectivity index (χ1n) is 7.75. The fourth-order valence-corrected chi connectivity index (χ4v) is 3.12. The largest absolute Gasteiger partial charge is 0.384 e. The normalized spacial score (nSPS) is 37.0. The maximum atomic E-state index is 12.7. The minimum Gasteiger partial charge on any atom is -0.384 e. The summed E-state index contributed by atoms with van der Waals surface area (Å²) in [4.78, 5) is 12.7. The molecule has 2 aliphatic carbocycles. The van der Waals surface area contributed by atoms with Gasteiger partial charge in [0.15, 0.2) is 5.78 Å². The number of carbonyl (C=O) groups excluding carboxylic acids is 1. The van der Waals surface area contributed by atoms with Crippen LogP contribution in [0.15, 0.2) is 36.5 Å². The Labute approximate surface area is 122 Å². The number of carbonyl (C=O) groups is 1. The molecule has 2 aliphatic rings. The molecule has 2 unspecified atom stereocenters. The minimum absolute atomic E-state index is 0.0215. The van der Waals surface area contributed by atoms with Gasteiger partial charge in [-0.1, -0.05) is 50.3 Å². The molecule has 0 amide bonds. The maximum absolute atomic E-state index is 12.7. The Hall–Kier alpha value is -1.15. The molecule has 0 bridgehead atoms. The zero-order valence-corrected chi connectivity index (χ0v) is 12.6. The third-order valence-electron chi connectivity index (χ3n) is 4.82. The quantitative estimate of drug-likeness (QED) is 0.794. The summed E-state index contributed by atoms with van der Waals surface area (Å²) in [6, 6.07) is 0. The van der Waals surface area contributed by atoms with Gasteiger partial charge in [-0.2, -0.15) is 0 Å². The molecule has 0 aromatic heterocycles. The first kappa shape index (κ1) is 15.2. The Bertz CT molecular complexity index is 423. The van der Waals surface area contributed by atoms with Gasteiger partial charge >= 0.3 is 0 Å². The SMILES string of the molecule is CC1CCC(C)(C(=O)C(O)C2C=C/C=C\CC=C2)CC1. The Morgan fingerprint density at radius 2 is 1.90 bits per heavy atom. The molecule has 0 heterocycles. The van der Waals surface area contributed by atoms with E-state index in [1.807, 2.05) is 37.3 Å². The van der Waals surface area contributed by atoms with Crippen LogP contribution in [-0.4, -0.2) is 17.0 Å². The molecule has 20 heavy (non-hydrogen) atoms. The van der Waals surface area contributed by atoms with Crippen molar-refractivity contribution in [2.24, 2.45) is 17.3 Å². The summed E-state index contributed by atoms with van der Waals surface area (Å²) in [6.07, 6.45) is 15.8. The van der Waals surface area contributed by atoms with Gasteiger partial charge in [-0.3, -0.25) is 4.79 Å². The summed E-state index contributed by atoms with van der Waals surface area (Å²) in [5.41, 5.74) is -0.341. The number of aliphatic hydroxyl groups is 1. The maximum Gasteiger partial charge on any atom is 0.168 e. The highest BCUT2D eigenvalue weighted by Gasteiger charge is 2.40. The number of ketones is 1. The van der Waals surface area contributed by atoms with E-state index in [1.165, 1.54) is 0 Å². The van der Waals surface area contributed by atoms with E-state index >= 15 is 0 Å². The molecule has 0 aromatic carbocycles. The highest BCUT2D eigenvalue weighted by atomic mass is 16.3. The smallest absolute Gasteiger partial charge is 0.168 e. The van der Waals surface area contributed by atoms with Gasteiger partial charge in [-0.25, -0.2) is 0 Å². The third-order valence-corrected chi connectivity index (χ3v) is 4.82. The predicted molar refractivity (Wildman–Crippen MR) is 82.3 cm³/mol. The predicted octanol–water partition coefficient (Wildman–Crippen LogP) is 3.82. The second-order valence-electron chi connectivity index (χ2n) is 6.61. The van der Waals surface area contributed by atoms with Crippen molar-refractivity contribution in [1.29, 1.82) is 0 Å². The number of hydrogen-bond donors (Lipinski definition) is 1. The molecule has 110 valence electrons. The van der Waals surface area contributed by atoms with Crippen molar-refractivity contribution in [1.82, 2.24) is 0 Å². The van der Waals surface area contributed by atoms with E-state index in [0.717, 1.165) is 32.1 Å². The molecule has 0 aliphatic heterocycles. The van der Waals surface area contributed by atoms with E-state index in [1.54, 1.807) is 0 Å². The van der Waals surface area contributed by atoms with Crippen molar-refractivity contribution in [2.75, 3.05) is 0 Å². The third kappa shape index (κ3) is 3.49. The Morgan fingerprint density at radius 1 is 1.20 bits per heavy atom. The van der Waals surface area contributed by atoms with E-state index in [4.69, 9.17) is 0 Å². The van der Waals surface area contributed by atoms with Crippen molar-refractivity contribution >= 4 is 5.78 Å². The minimum atomic E-state index is -0.910. The van der Waals surface area contributed by atoms with E-state index in [-0.39, 0.29) is 17.1 Å². The van der Waals surface area contributed by atoms with Gasteiger partial charge in [0, 0.05) is 11.3 Å². The Balaban J connectivity index is 2.07. The van der Waals surface area contributed by atoms with Gasteiger partial charge in [0.05, 0.1) is 0 Å².